The van der Waals surface area contributed by atoms with Crippen LogP contribution in [0.2, 0.25) is 0 Å². The van der Waals surface area contributed by atoms with Crippen molar-refractivity contribution < 1.29 is 14.4 Å². The number of anilines is 1. The second-order valence-electron chi connectivity index (χ2n) is 6.76. The van der Waals surface area contributed by atoms with Crippen molar-refractivity contribution in [2.45, 2.75) is 23.8 Å². The Bertz CT molecular complexity index is 837. The summed E-state index contributed by atoms with van der Waals surface area (Å²) in [5.74, 6) is -0.512. The highest BCUT2D eigenvalue weighted by molar-refractivity contribution is 7.99. The Balaban J connectivity index is 1.58. The topological polar surface area (TPSA) is 54.5 Å². The molecule has 3 atom stereocenters. The van der Waals surface area contributed by atoms with Gasteiger partial charge in [0.25, 0.3) is 0 Å². The molecule has 4 rings (SSSR count). The van der Waals surface area contributed by atoms with Gasteiger partial charge in [-0.05, 0) is 17.7 Å². The number of benzene rings is 2. The lowest BCUT2D eigenvalue weighted by atomic mass is 9.80. The number of carbonyl (C=O) groups is 3. The molecule has 0 unspecified atom stereocenters. The van der Waals surface area contributed by atoms with Gasteiger partial charge in [-0.25, -0.2) is 0 Å². The van der Waals surface area contributed by atoms with Gasteiger partial charge >= 0.3 is 0 Å². The molecule has 1 heterocycles. The smallest absolute Gasteiger partial charge is 0.238 e. The van der Waals surface area contributed by atoms with E-state index in [1.165, 1.54) is 4.90 Å². The number of nitrogens with zero attached hydrogens (tertiary/aromatic N) is 1. The molecule has 0 N–H and O–H groups in total. The van der Waals surface area contributed by atoms with E-state index in [1.54, 1.807) is 23.9 Å². The molecule has 1 aliphatic carbocycles. The lowest BCUT2D eigenvalue weighted by Gasteiger charge is -2.29. The van der Waals surface area contributed by atoms with Gasteiger partial charge in [0.1, 0.15) is 5.78 Å². The van der Waals surface area contributed by atoms with Crippen molar-refractivity contribution in [2.24, 2.45) is 11.8 Å². The number of rotatable bonds is 4. The van der Waals surface area contributed by atoms with E-state index >= 15 is 0 Å². The van der Waals surface area contributed by atoms with Gasteiger partial charge < -0.3 is 0 Å². The first-order chi connectivity index (χ1) is 12.6. The molecule has 1 saturated heterocycles. The molecular formula is C21H19NO3S. The molecule has 0 spiro atoms. The lowest BCUT2D eigenvalue weighted by molar-refractivity contribution is -0.129. The SMILES string of the molecule is O=C1C[C@H](SCc2ccccc2)[C@@H]2C(=O)N(c3ccccc3)C(=O)[C@@H]2C1. The van der Waals surface area contributed by atoms with Crippen LogP contribution in [0.15, 0.2) is 60.7 Å². The highest BCUT2D eigenvalue weighted by atomic mass is 32.2. The molecule has 0 bridgehead atoms. The molecule has 1 saturated carbocycles. The van der Waals surface area contributed by atoms with Gasteiger partial charge in [0.15, 0.2) is 0 Å². The fourth-order valence-electron chi connectivity index (χ4n) is 3.83. The Hall–Kier alpha value is -2.40. The summed E-state index contributed by atoms with van der Waals surface area (Å²) >= 11 is 1.61. The van der Waals surface area contributed by atoms with Crippen LogP contribution in [0.3, 0.4) is 0 Å². The second-order valence-corrected chi connectivity index (χ2v) is 7.99. The maximum absolute atomic E-state index is 13.1. The summed E-state index contributed by atoms with van der Waals surface area (Å²) in [5, 5.41) is -0.147. The largest absolute Gasteiger partial charge is 0.300 e. The molecule has 1 aliphatic heterocycles. The first kappa shape index (κ1) is 17.0. The van der Waals surface area contributed by atoms with E-state index in [1.807, 2.05) is 48.5 Å². The molecule has 4 nitrogen and oxygen atoms in total. The number of amides is 2. The van der Waals surface area contributed by atoms with Gasteiger partial charge in [-0.15, -0.1) is 0 Å². The second kappa shape index (κ2) is 7.08. The van der Waals surface area contributed by atoms with Gasteiger partial charge in [0.2, 0.25) is 11.8 Å². The van der Waals surface area contributed by atoms with Crippen molar-refractivity contribution in [1.29, 1.82) is 0 Å². The minimum absolute atomic E-state index is 0.0767. The standard InChI is InChI=1S/C21H19NO3S/c23-16-11-17-19(18(12-16)26-13-14-7-3-1-4-8-14)21(25)22(20(17)24)15-9-5-2-6-10-15/h1-10,17-19H,11-13H2/t17-,18+,19-/m1/s1. The monoisotopic (exact) mass is 365 g/mol. The molecule has 0 aromatic heterocycles. The van der Waals surface area contributed by atoms with Crippen molar-refractivity contribution >= 4 is 35.0 Å². The summed E-state index contributed by atoms with van der Waals surface area (Å²) in [5.41, 5.74) is 1.75. The van der Waals surface area contributed by atoms with Crippen LogP contribution in [-0.2, 0) is 20.1 Å². The zero-order chi connectivity index (χ0) is 18.1. The number of para-hydroxylation sites is 1. The van der Waals surface area contributed by atoms with Gasteiger partial charge in [-0.3, -0.25) is 19.3 Å². The van der Waals surface area contributed by atoms with Crippen molar-refractivity contribution in [2.75, 3.05) is 4.90 Å². The van der Waals surface area contributed by atoms with E-state index in [0.29, 0.717) is 12.1 Å². The Labute approximate surface area is 156 Å². The lowest BCUT2D eigenvalue weighted by Crippen LogP contribution is -2.37. The molecule has 132 valence electrons. The summed E-state index contributed by atoms with van der Waals surface area (Å²) < 4.78 is 0. The van der Waals surface area contributed by atoms with Crippen LogP contribution in [0.4, 0.5) is 5.69 Å². The van der Waals surface area contributed by atoms with E-state index in [2.05, 4.69) is 0 Å². The number of hydrogen-bond donors (Lipinski definition) is 0. The number of fused-ring (bicyclic) bond motifs is 1. The predicted octanol–water partition coefficient (Wildman–Crippen LogP) is 3.46. The third-order valence-electron chi connectivity index (χ3n) is 5.07. The van der Waals surface area contributed by atoms with Crippen LogP contribution in [0.25, 0.3) is 0 Å². The van der Waals surface area contributed by atoms with E-state index in [4.69, 9.17) is 0 Å². The van der Waals surface area contributed by atoms with Crippen LogP contribution in [0, 0.1) is 11.8 Å². The van der Waals surface area contributed by atoms with Crippen molar-refractivity contribution in [3.05, 3.63) is 66.2 Å². The fraction of sp³-hybridized carbons (Fsp3) is 0.286. The van der Waals surface area contributed by atoms with Crippen molar-refractivity contribution in [1.82, 2.24) is 0 Å². The highest BCUT2D eigenvalue weighted by Gasteiger charge is 2.54. The van der Waals surface area contributed by atoms with E-state index in [-0.39, 0.29) is 29.3 Å². The Morgan fingerprint density at radius 3 is 2.19 bits per heavy atom. The Morgan fingerprint density at radius 1 is 0.846 bits per heavy atom. The number of hydrogen-bond acceptors (Lipinski definition) is 4. The molecular weight excluding hydrogens is 346 g/mol. The van der Waals surface area contributed by atoms with E-state index < -0.39 is 11.8 Å². The summed E-state index contributed by atoms with van der Waals surface area (Å²) in [7, 11) is 0. The number of imide groups is 1. The quantitative estimate of drug-likeness (QED) is 0.779. The zero-order valence-corrected chi connectivity index (χ0v) is 15.0. The highest BCUT2D eigenvalue weighted by Crippen LogP contribution is 2.44. The minimum atomic E-state index is -0.516. The van der Waals surface area contributed by atoms with Gasteiger partial charge in [-0.2, -0.15) is 11.8 Å². The third-order valence-corrected chi connectivity index (χ3v) is 6.46. The molecule has 2 fully saturated rings. The maximum atomic E-state index is 13.1. The molecule has 2 aliphatic rings. The molecule has 26 heavy (non-hydrogen) atoms. The van der Waals surface area contributed by atoms with Crippen LogP contribution in [0.1, 0.15) is 18.4 Å². The van der Waals surface area contributed by atoms with Crippen molar-refractivity contribution in [3.63, 3.8) is 0 Å². The number of Topliss-reactive ketones (excluding diaryl/α,β-unsaturated/α-hetero) is 1. The summed E-state index contributed by atoms with van der Waals surface area (Å²) in [6, 6.07) is 19.0. The van der Waals surface area contributed by atoms with Crippen molar-refractivity contribution in [3.8, 4) is 0 Å². The average Bonchev–Trinajstić information content (AvgIpc) is 2.92. The predicted molar refractivity (Wildman–Crippen MR) is 102 cm³/mol. The van der Waals surface area contributed by atoms with E-state index in [9.17, 15) is 14.4 Å². The summed E-state index contributed by atoms with van der Waals surface area (Å²) in [6.07, 6.45) is 0.543. The number of thioether (sulfide) groups is 1. The molecule has 0 radical (unpaired) electrons. The van der Waals surface area contributed by atoms with Crippen LogP contribution >= 0.6 is 11.8 Å². The van der Waals surface area contributed by atoms with Crippen LogP contribution in [0.5, 0.6) is 0 Å². The third kappa shape index (κ3) is 3.07. The minimum Gasteiger partial charge on any atom is -0.300 e. The van der Waals surface area contributed by atoms with Crippen LogP contribution in [-0.4, -0.2) is 22.8 Å². The normalized spacial score (nSPS) is 25.5. The summed E-state index contributed by atoms with van der Waals surface area (Å²) in [6.45, 7) is 0. The zero-order valence-electron chi connectivity index (χ0n) is 14.2. The summed E-state index contributed by atoms with van der Waals surface area (Å²) in [4.78, 5) is 39.4. The van der Waals surface area contributed by atoms with Crippen LogP contribution < -0.4 is 4.90 Å². The molecule has 5 heteroatoms. The fourth-order valence-corrected chi connectivity index (χ4v) is 5.25. The first-order valence-corrected chi connectivity index (χ1v) is 9.80. The number of ketones is 1. The number of carbonyl (C=O) groups excluding carboxylic acids is 3. The maximum Gasteiger partial charge on any atom is 0.238 e. The molecule has 2 amide bonds. The van der Waals surface area contributed by atoms with Gasteiger partial charge in [-0.1, -0.05) is 48.5 Å². The molecule has 2 aromatic rings. The van der Waals surface area contributed by atoms with Gasteiger partial charge in [0, 0.05) is 23.8 Å². The Kier molecular flexibility index (Phi) is 4.64. The van der Waals surface area contributed by atoms with Gasteiger partial charge in [0.05, 0.1) is 17.5 Å². The van der Waals surface area contributed by atoms with E-state index in [0.717, 1.165) is 11.3 Å². The average molecular weight is 365 g/mol. The molecule has 2 aromatic carbocycles. The Morgan fingerprint density at radius 2 is 1.50 bits per heavy atom. The first-order valence-electron chi connectivity index (χ1n) is 8.75.